The Labute approximate surface area is 399 Å². The number of imidazole rings is 2. The summed E-state index contributed by atoms with van der Waals surface area (Å²) in [7, 11) is 0. The topological polar surface area (TPSA) is 193 Å². The number of aromatic amines is 2. The van der Waals surface area contributed by atoms with Crippen LogP contribution in [0.1, 0.15) is 122 Å². The number of aromatic carboxylic acids is 1. The molecule has 4 N–H and O–H groups in total. The number of benzene rings is 4. The van der Waals surface area contributed by atoms with Crippen LogP contribution < -0.4 is 5.32 Å². The minimum Gasteiger partial charge on any atom is -0.478 e. The molecule has 4 aliphatic heterocycles. The first kappa shape index (κ1) is 49.8. The Balaban J connectivity index is 0.000000180. The largest absolute Gasteiger partial charge is 0.478 e. The molecule has 6 aromatic rings. The lowest BCUT2D eigenvalue weighted by Gasteiger charge is -2.32. The van der Waals surface area contributed by atoms with Crippen LogP contribution in [0.5, 0.6) is 0 Å². The van der Waals surface area contributed by atoms with Crippen LogP contribution in [0.25, 0.3) is 22.8 Å². The maximum atomic E-state index is 13.3. The zero-order chi connectivity index (χ0) is 45.3. The van der Waals surface area contributed by atoms with Gasteiger partial charge in [-0.15, -0.1) is 12.4 Å². The third kappa shape index (κ3) is 12.1. The van der Waals surface area contributed by atoms with E-state index in [-0.39, 0.29) is 31.3 Å². The van der Waals surface area contributed by atoms with Crippen molar-refractivity contribution in [3.05, 3.63) is 152 Å². The van der Waals surface area contributed by atoms with Crippen LogP contribution in [-0.2, 0) is 35.5 Å². The molecule has 6 heterocycles. The van der Waals surface area contributed by atoms with E-state index in [1.54, 1.807) is 18.2 Å². The van der Waals surface area contributed by atoms with Crippen molar-refractivity contribution in [1.29, 1.82) is 10.5 Å². The van der Waals surface area contributed by atoms with Crippen molar-refractivity contribution in [3.8, 4) is 34.9 Å². The van der Waals surface area contributed by atoms with Crippen LogP contribution >= 0.6 is 12.4 Å². The molecule has 0 saturated carbocycles. The maximum absolute atomic E-state index is 13.3. The summed E-state index contributed by atoms with van der Waals surface area (Å²) < 4.78 is 10.9. The number of aromatic nitrogens is 4. The maximum Gasteiger partial charge on any atom is 0.335 e. The van der Waals surface area contributed by atoms with Crippen molar-refractivity contribution in [1.82, 2.24) is 30.2 Å². The normalized spacial score (nSPS) is 15.6. The number of rotatable bonds is 6. The average molecular weight is 924 g/mol. The summed E-state index contributed by atoms with van der Waals surface area (Å²) in [6.45, 7) is 10.2. The van der Waals surface area contributed by atoms with Crippen LogP contribution in [0.4, 0.5) is 0 Å². The van der Waals surface area contributed by atoms with Gasteiger partial charge in [0.2, 0.25) is 0 Å². The Morgan fingerprint density at radius 1 is 0.672 bits per heavy atom. The first-order valence-corrected chi connectivity index (χ1v) is 22.4. The number of fused-ring (bicyclic) bond motifs is 2. The highest BCUT2D eigenvalue weighted by atomic mass is 35.5. The predicted molar refractivity (Wildman–Crippen MR) is 260 cm³/mol. The van der Waals surface area contributed by atoms with Crippen molar-refractivity contribution in [2.45, 2.75) is 84.8 Å². The van der Waals surface area contributed by atoms with Crippen LogP contribution in [0, 0.1) is 36.5 Å². The molecule has 67 heavy (non-hydrogen) atoms. The number of amides is 1. The second kappa shape index (κ2) is 23.2. The third-order valence-corrected chi connectivity index (χ3v) is 12.8. The molecule has 2 fully saturated rings. The summed E-state index contributed by atoms with van der Waals surface area (Å²) in [5.41, 5.74) is 13.0. The van der Waals surface area contributed by atoms with E-state index in [1.807, 2.05) is 73.3 Å². The minimum atomic E-state index is -0.930. The van der Waals surface area contributed by atoms with Gasteiger partial charge in [0.15, 0.2) is 0 Å². The number of halogens is 1. The lowest BCUT2D eigenvalue weighted by atomic mass is 9.89. The molecule has 4 aromatic carbocycles. The Morgan fingerprint density at radius 2 is 1.12 bits per heavy atom. The number of likely N-dealkylation sites (tertiary alicyclic amines) is 1. The Bertz CT molecular complexity index is 2670. The number of piperidine rings is 2. The number of carbonyl (C=O) groups excluding carboxylic acids is 1. The summed E-state index contributed by atoms with van der Waals surface area (Å²) in [4.78, 5) is 42.2. The highest BCUT2D eigenvalue weighted by molar-refractivity contribution is 5.95. The van der Waals surface area contributed by atoms with Crippen LogP contribution in [-0.4, -0.2) is 81.2 Å². The Hall–Kier alpha value is -6.61. The molecule has 2 aromatic heterocycles. The summed E-state index contributed by atoms with van der Waals surface area (Å²) in [6.07, 6.45) is 5.90. The highest BCUT2D eigenvalue weighted by Crippen LogP contribution is 2.31. The van der Waals surface area contributed by atoms with Gasteiger partial charge in [0, 0.05) is 42.6 Å². The van der Waals surface area contributed by atoms with Gasteiger partial charge in [0.25, 0.3) is 5.91 Å². The number of nitriles is 2. The molecule has 0 atom stereocenters. The molecule has 1 amide bonds. The fourth-order valence-corrected chi connectivity index (χ4v) is 8.92. The van der Waals surface area contributed by atoms with Gasteiger partial charge < -0.3 is 34.8 Å². The molecule has 348 valence electrons. The monoisotopic (exact) mass is 922 g/mol. The number of nitrogens with one attached hydrogen (secondary N) is 3. The van der Waals surface area contributed by atoms with E-state index < -0.39 is 5.97 Å². The van der Waals surface area contributed by atoms with Crippen molar-refractivity contribution in [3.63, 3.8) is 0 Å². The number of hydrogen-bond donors (Lipinski definition) is 4. The van der Waals surface area contributed by atoms with Crippen molar-refractivity contribution in [2.75, 3.05) is 39.4 Å². The van der Waals surface area contributed by atoms with Gasteiger partial charge in [0.05, 0.1) is 78.0 Å². The summed E-state index contributed by atoms with van der Waals surface area (Å²) in [5.74, 6) is 1.79. The van der Waals surface area contributed by atoms with Gasteiger partial charge in [-0.3, -0.25) is 4.79 Å². The standard InChI is InChI=1S/C26H26N4O2.C14H14N2O3.C12H14N2.CH4.ClH/c1-17-2-5-21(14-22(17)25-28-23-10-13-32-16-24(23)29-25)26(31)30-11-8-20(9-12-30)19-6-3-18(15-27)4-7-19;1-8-2-3-9(14(17)18)6-10(8)13-15-11-4-5-19-7-12(11)16-13;13-9-10-1-3-11(4-2-10)12-5-7-14-8-6-12;;/h2-7,14,20H,8-13,16H2,1H3,(H,28,29);2-3,6H,4-5,7H2,1H3,(H,15,16)(H,17,18);1-4,12,14H,5-8H2;1H4;1H. The molecule has 0 bridgehead atoms. The lowest BCUT2D eigenvalue weighted by molar-refractivity contribution is 0.0693. The van der Waals surface area contributed by atoms with E-state index in [9.17, 15) is 9.59 Å². The minimum absolute atomic E-state index is 0. The zero-order valence-electron chi connectivity index (χ0n) is 37.4. The van der Waals surface area contributed by atoms with Crippen LogP contribution in [0.2, 0.25) is 0 Å². The molecule has 4 aliphatic rings. The van der Waals surface area contributed by atoms with Gasteiger partial charge in [-0.1, -0.05) is 43.8 Å². The molecule has 14 heteroatoms. The third-order valence-electron chi connectivity index (χ3n) is 12.8. The van der Waals surface area contributed by atoms with E-state index in [2.05, 4.69) is 44.5 Å². The van der Waals surface area contributed by atoms with Crippen LogP contribution in [0.3, 0.4) is 0 Å². The van der Waals surface area contributed by atoms with Gasteiger partial charge in [-0.25, -0.2) is 14.8 Å². The number of hydrogen-bond acceptors (Lipinski definition) is 9. The molecule has 2 saturated heterocycles. The van der Waals surface area contributed by atoms with Crippen molar-refractivity contribution < 1.29 is 24.2 Å². The van der Waals surface area contributed by atoms with E-state index in [1.165, 1.54) is 24.0 Å². The lowest BCUT2D eigenvalue weighted by Crippen LogP contribution is -2.37. The average Bonchev–Trinajstić information content (AvgIpc) is 4.00. The van der Waals surface area contributed by atoms with E-state index >= 15 is 0 Å². The second-order valence-electron chi connectivity index (χ2n) is 17.0. The fraction of sp³-hybridized carbons (Fsp3) is 0.358. The van der Waals surface area contributed by atoms with Gasteiger partial charge in [0.1, 0.15) is 11.6 Å². The molecule has 10 rings (SSSR count). The summed E-state index contributed by atoms with van der Waals surface area (Å²) >= 11 is 0. The van der Waals surface area contributed by atoms with Gasteiger partial charge in [-0.2, -0.15) is 10.5 Å². The number of H-pyrrole nitrogens is 2. The number of nitrogens with zero attached hydrogens (tertiary/aromatic N) is 5. The molecule has 0 radical (unpaired) electrons. The number of carbonyl (C=O) groups is 2. The zero-order valence-corrected chi connectivity index (χ0v) is 38.2. The number of carboxylic acids is 1. The summed E-state index contributed by atoms with van der Waals surface area (Å²) in [5, 5.41) is 30.1. The second-order valence-corrected chi connectivity index (χ2v) is 17.0. The number of carboxylic acid groups (broad SMARTS) is 1. The SMILES string of the molecule is C.Cc1ccc(C(=O)N2CCC(c3ccc(C#N)cc3)CC2)cc1-c1nc2c([nH]1)COCC2.Cc1ccc(C(=O)O)cc1-c1nc2c([nH]1)COCC2.Cl.N#Cc1ccc(C2CCNCC2)cc1. The molecule has 0 unspecified atom stereocenters. The fourth-order valence-electron chi connectivity index (χ4n) is 8.92. The summed E-state index contributed by atoms with van der Waals surface area (Å²) in [6, 6.07) is 31.1. The van der Waals surface area contributed by atoms with E-state index in [0.29, 0.717) is 49.4 Å². The number of aryl methyl sites for hydroxylation is 2. The highest BCUT2D eigenvalue weighted by Gasteiger charge is 2.26. The molecule has 13 nitrogen and oxygen atoms in total. The van der Waals surface area contributed by atoms with Crippen molar-refractivity contribution >= 4 is 24.3 Å². The Kier molecular flexibility index (Phi) is 17.3. The van der Waals surface area contributed by atoms with Crippen LogP contribution in [0.15, 0.2) is 84.9 Å². The molecular formula is C53H59ClN8O5. The molecule has 0 aliphatic carbocycles. The smallest absolute Gasteiger partial charge is 0.335 e. The number of ether oxygens (including phenoxy) is 2. The Morgan fingerprint density at radius 3 is 1.57 bits per heavy atom. The first-order chi connectivity index (χ1) is 31.7. The quantitative estimate of drug-likeness (QED) is 0.125. The van der Waals surface area contributed by atoms with E-state index in [4.69, 9.17) is 30.1 Å². The van der Waals surface area contributed by atoms with E-state index in [0.717, 1.165) is 114 Å². The first-order valence-electron chi connectivity index (χ1n) is 22.4. The van der Waals surface area contributed by atoms with Gasteiger partial charge >= 0.3 is 5.97 Å². The molecule has 0 spiro atoms. The van der Waals surface area contributed by atoms with Crippen molar-refractivity contribution in [2.24, 2.45) is 0 Å². The molecular weight excluding hydrogens is 864 g/mol. The predicted octanol–water partition coefficient (Wildman–Crippen LogP) is 9.59. The van der Waals surface area contributed by atoms with Gasteiger partial charge in [-0.05, 0) is 135 Å².